The predicted octanol–water partition coefficient (Wildman–Crippen LogP) is 3.79. The Labute approximate surface area is 118 Å². The van der Waals surface area contributed by atoms with Gasteiger partial charge in [0, 0.05) is 4.88 Å². The minimum absolute atomic E-state index is 0.0586. The minimum atomic E-state index is -0.775. The van der Waals surface area contributed by atoms with Crippen LogP contribution in [0.3, 0.4) is 0 Å². The predicted molar refractivity (Wildman–Crippen MR) is 76.6 cm³/mol. The molecule has 1 amide bonds. The van der Waals surface area contributed by atoms with E-state index in [0.717, 1.165) is 25.7 Å². The van der Waals surface area contributed by atoms with Crippen molar-refractivity contribution in [2.45, 2.75) is 51.5 Å². The van der Waals surface area contributed by atoms with Gasteiger partial charge < -0.3 is 5.32 Å². The molecule has 1 aliphatic rings. The highest BCUT2D eigenvalue weighted by Crippen LogP contribution is 2.38. The molecule has 2 rings (SSSR count). The van der Waals surface area contributed by atoms with Crippen LogP contribution in [0.4, 0.5) is 0 Å². The van der Waals surface area contributed by atoms with E-state index >= 15 is 0 Å². The lowest BCUT2D eigenvalue weighted by molar-refractivity contribution is -0.128. The fourth-order valence-corrected chi connectivity index (χ4v) is 3.54. The Morgan fingerprint density at radius 2 is 2.32 bits per heavy atom. The number of nitriles is 1. The van der Waals surface area contributed by atoms with E-state index in [0.29, 0.717) is 12.8 Å². The van der Waals surface area contributed by atoms with Gasteiger partial charge in [0.1, 0.15) is 5.41 Å². The molecule has 1 aromatic heterocycles. The molecule has 4 heteroatoms. The Kier molecular flexibility index (Phi) is 4.60. The summed E-state index contributed by atoms with van der Waals surface area (Å²) >= 11 is 1.66. The third-order valence-electron chi connectivity index (χ3n) is 3.88. The first-order valence-electron chi connectivity index (χ1n) is 6.97. The number of thiophene rings is 1. The number of rotatable bonds is 5. The summed E-state index contributed by atoms with van der Waals surface area (Å²) in [6.45, 7) is 2.11. The van der Waals surface area contributed by atoms with Crippen molar-refractivity contribution in [3.63, 3.8) is 0 Å². The van der Waals surface area contributed by atoms with Gasteiger partial charge in [-0.15, -0.1) is 11.3 Å². The van der Waals surface area contributed by atoms with Crippen molar-refractivity contribution in [2.75, 3.05) is 0 Å². The molecular formula is C15H20N2OS. The SMILES string of the molecule is CCCC(NC(=O)C1(C#N)CCCC1)c1cccs1. The van der Waals surface area contributed by atoms with E-state index < -0.39 is 5.41 Å². The van der Waals surface area contributed by atoms with Gasteiger partial charge in [0.05, 0.1) is 12.1 Å². The van der Waals surface area contributed by atoms with Crippen molar-refractivity contribution in [3.8, 4) is 6.07 Å². The Balaban J connectivity index is 2.09. The molecule has 0 aromatic carbocycles. The van der Waals surface area contributed by atoms with Gasteiger partial charge in [-0.2, -0.15) is 5.26 Å². The van der Waals surface area contributed by atoms with Crippen LogP contribution >= 0.6 is 11.3 Å². The van der Waals surface area contributed by atoms with E-state index in [1.165, 1.54) is 4.88 Å². The molecule has 19 heavy (non-hydrogen) atoms. The zero-order valence-corrected chi connectivity index (χ0v) is 12.1. The smallest absolute Gasteiger partial charge is 0.240 e. The van der Waals surface area contributed by atoms with E-state index in [1.54, 1.807) is 11.3 Å². The Bertz CT molecular complexity index is 455. The number of amides is 1. The molecule has 102 valence electrons. The maximum Gasteiger partial charge on any atom is 0.240 e. The number of nitrogens with one attached hydrogen (secondary N) is 1. The van der Waals surface area contributed by atoms with Gasteiger partial charge in [-0.3, -0.25) is 4.79 Å². The van der Waals surface area contributed by atoms with E-state index in [4.69, 9.17) is 0 Å². The second-order valence-electron chi connectivity index (χ2n) is 5.23. The molecule has 1 N–H and O–H groups in total. The molecule has 0 bridgehead atoms. The Morgan fingerprint density at radius 1 is 1.58 bits per heavy atom. The van der Waals surface area contributed by atoms with Crippen LogP contribution in [-0.4, -0.2) is 5.91 Å². The molecule has 3 nitrogen and oxygen atoms in total. The molecule has 1 atom stereocenters. The monoisotopic (exact) mass is 276 g/mol. The highest BCUT2D eigenvalue weighted by atomic mass is 32.1. The molecule has 0 radical (unpaired) electrons. The van der Waals surface area contributed by atoms with E-state index in [1.807, 2.05) is 11.4 Å². The van der Waals surface area contributed by atoms with Gasteiger partial charge in [-0.25, -0.2) is 0 Å². The lowest BCUT2D eigenvalue weighted by atomic mass is 9.86. The molecular weight excluding hydrogens is 256 g/mol. The lowest BCUT2D eigenvalue weighted by Crippen LogP contribution is -2.40. The molecule has 1 fully saturated rings. The summed E-state index contributed by atoms with van der Waals surface area (Å²) in [5, 5.41) is 14.5. The molecule has 1 heterocycles. The number of carbonyl (C=O) groups excluding carboxylic acids is 1. The van der Waals surface area contributed by atoms with Crippen LogP contribution in [0.25, 0.3) is 0 Å². The maximum absolute atomic E-state index is 12.4. The molecule has 0 spiro atoms. The third-order valence-corrected chi connectivity index (χ3v) is 4.86. The Hall–Kier alpha value is -1.34. The summed E-state index contributed by atoms with van der Waals surface area (Å²) in [6.07, 6.45) is 5.32. The summed E-state index contributed by atoms with van der Waals surface area (Å²) in [4.78, 5) is 13.6. The second kappa shape index (κ2) is 6.21. The number of carbonyl (C=O) groups is 1. The number of hydrogen-bond donors (Lipinski definition) is 1. The minimum Gasteiger partial charge on any atom is -0.347 e. The van der Waals surface area contributed by atoms with Crippen molar-refractivity contribution in [3.05, 3.63) is 22.4 Å². The van der Waals surface area contributed by atoms with Crippen molar-refractivity contribution in [1.82, 2.24) is 5.32 Å². The van der Waals surface area contributed by atoms with E-state index in [2.05, 4.69) is 24.4 Å². The van der Waals surface area contributed by atoms with Crippen molar-refractivity contribution in [1.29, 1.82) is 5.26 Å². The average Bonchev–Trinajstić information content (AvgIpc) is 3.10. The van der Waals surface area contributed by atoms with Gasteiger partial charge >= 0.3 is 0 Å². The fraction of sp³-hybridized carbons (Fsp3) is 0.600. The van der Waals surface area contributed by atoms with Gasteiger partial charge in [0.25, 0.3) is 0 Å². The zero-order valence-electron chi connectivity index (χ0n) is 11.3. The quantitative estimate of drug-likeness (QED) is 0.889. The molecule has 0 aliphatic heterocycles. The van der Waals surface area contributed by atoms with Crippen LogP contribution in [0.1, 0.15) is 56.4 Å². The van der Waals surface area contributed by atoms with Gasteiger partial charge in [0.2, 0.25) is 5.91 Å². The first-order valence-corrected chi connectivity index (χ1v) is 7.85. The average molecular weight is 276 g/mol. The highest BCUT2D eigenvalue weighted by Gasteiger charge is 2.42. The van der Waals surface area contributed by atoms with E-state index in [9.17, 15) is 10.1 Å². The Morgan fingerprint density at radius 3 is 2.84 bits per heavy atom. The van der Waals surface area contributed by atoms with Gasteiger partial charge in [-0.05, 0) is 30.7 Å². The number of nitrogens with zero attached hydrogens (tertiary/aromatic N) is 1. The van der Waals surface area contributed by atoms with Crippen LogP contribution in [0.15, 0.2) is 17.5 Å². The normalized spacial score (nSPS) is 18.7. The lowest BCUT2D eigenvalue weighted by Gasteiger charge is -2.24. The molecule has 1 aromatic rings. The summed E-state index contributed by atoms with van der Waals surface area (Å²) in [6, 6.07) is 6.38. The summed E-state index contributed by atoms with van der Waals surface area (Å²) < 4.78 is 0. The summed E-state index contributed by atoms with van der Waals surface area (Å²) in [5.41, 5.74) is -0.775. The summed E-state index contributed by atoms with van der Waals surface area (Å²) in [5.74, 6) is -0.0700. The molecule has 1 aliphatic carbocycles. The molecule has 1 saturated carbocycles. The fourth-order valence-electron chi connectivity index (χ4n) is 2.73. The third kappa shape index (κ3) is 2.98. The van der Waals surface area contributed by atoms with Crippen LogP contribution in [-0.2, 0) is 4.79 Å². The van der Waals surface area contributed by atoms with Gasteiger partial charge in [0.15, 0.2) is 0 Å². The standard InChI is InChI=1S/C15H20N2OS/c1-2-6-12(13-7-5-10-19-13)17-14(18)15(11-16)8-3-4-9-15/h5,7,10,12H,2-4,6,8-9H2,1H3,(H,17,18). The topological polar surface area (TPSA) is 52.9 Å². The van der Waals surface area contributed by atoms with Crippen molar-refractivity contribution in [2.24, 2.45) is 5.41 Å². The molecule has 0 saturated heterocycles. The zero-order chi connectivity index (χ0) is 13.7. The van der Waals surface area contributed by atoms with E-state index in [-0.39, 0.29) is 11.9 Å². The first kappa shape index (κ1) is 14.1. The van der Waals surface area contributed by atoms with Crippen molar-refractivity contribution >= 4 is 17.2 Å². The summed E-state index contributed by atoms with van der Waals surface area (Å²) in [7, 11) is 0. The largest absolute Gasteiger partial charge is 0.347 e. The van der Waals surface area contributed by atoms with Crippen LogP contribution in [0.5, 0.6) is 0 Å². The van der Waals surface area contributed by atoms with Crippen molar-refractivity contribution < 1.29 is 4.79 Å². The highest BCUT2D eigenvalue weighted by molar-refractivity contribution is 7.10. The van der Waals surface area contributed by atoms with Crippen LogP contribution in [0.2, 0.25) is 0 Å². The first-order chi connectivity index (χ1) is 9.22. The second-order valence-corrected chi connectivity index (χ2v) is 6.21. The van der Waals surface area contributed by atoms with Crippen LogP contribution < -0.4 is 5.32 Å². The van der Waals surface area contributed by atoms with Crippen LogP contribution in [0, 0.1) is 16.7 Å². The van der Waals surface area contributed by atoms with Gasteiger partial charge in [-0.1, -0.05) is 32.3 Å². The number of hydrogen-bond acceptors (Lipinski definition) is 3. The maximum atomic E-state index is 12.4. The molecule has 1 unspecified atom stereocenters.